The van der Waals surface area contributed by atoms with Gasteiger partial charge in [-0.05, 0) is 24.5 Å². The van der Waals surface area contributed by atoms with Crippen molar-refractivity contribution in [2.24, 2.45) is 5.41 Å². The minimum atomic E-state index is -0.723. The highest BCUT2D eigenvalue weighted by Gasteiger charge is 2.25. The van der Waals surface area contributed by atoms with E-state index in [9.17, 15) is 18.7 Å². The van der Waals surface area contributed by atoms with Crippen molar-refractivity contribution in [1.82, 2.24) is 5.32 Å². The molecule has 20 heavy (non-hydrogen) atoms. The highest BCUT2D eigenvalue weighted by atomic mass is 19.1. The molecule has 0 bridgehead atoms. The van der Waals surface area contributed by atoms with Gasteiger partial charge in [-0.2, -0.15) is 0 Å². The quantitative estimate of drug-likeness (QED) is 0.808. The first-order valence-corrected chi connectivity index (χ1v) is 6.78. The van der Waals surface area contributed by atoms with Crippen LogP contribution in [0.2, 0.25) is 0 Å². The lowest BCUT2D eigenvalue weighted by molar-refractivity contribution is -0.121. The Balaban J connectivity index is 2.60. The first-order chi connectivity index (χ1) is 9.46. The predicted octanol–water partition coefficient (Wildman–Crippen LogP) is 2.42. The van der Waals surface area contributed by atoms with E-state index in [-0.39, 0.29) is 29.9 Å². The van der Waals surface area contributed by atoms with Gasteiger partial charge in [0.2, 0.25) is 5.91 Å². The molecule has 5 heteroatoms. The van der Waals surface area contributed by atoms with Crippen LogP contribution in [-0.2, 0) is 11.2 Å². The third kappa shape index (κ3) is 4.27. The van der Waals surface area contributed by atoms with E-state index in [4.69, 9.17) is 0 Å². The van der Waals surface area contributed by atoms with Crippen LogP contribution >= 0.6 is 0 Å². The van der Waals surface area contributed by atoms with Crippen LogP contribution in [0.25, 0.3) is 0 Å². The van der Waals surface area contributed by atoms with E-state index in [2.05, 4.69) is 5.32 Å². The molecule has 0 aliphatic rings. The summed E-state index contributed by atoms with van der Waals surface area (Å²) in [5.74, 6) is -1.72. The third-order valence-electron chi connectivity index (χ3n) is 3.86. The Bertz CT molecular complexity index is 451. The standard InChI is InChI=1S/C15H21F2NO2/c1-3-15(4-2,10-19)9-18-14(20)7-11-5-6-12(16)8-13(11)17/h5-6,8,19H,3-4,7,9-10H2,1-2H3,(H,18,20). The van der Waals surface area contributed by atoms with Crippen LogP contribution < -0.4 is 5.32 Å². The molecule has 0 heterocycles. The number of aliphatic hydroxyl groups is 1. The van der Waals surface area contributed by atoms with Gasteiger partial charge in [0.1, 0.15) is 11.6 Å². The average molecular weight is 285 g/mol. The van der Waals surface area contributed by atoms with Crippen LogP contribution in [0.5, 0.6) is 0 Å². The monoisotopic (exact) mass is 285 g/mol. The second-order valence-electron chi connectivity index (χ2n) is 5.05. The maximum Gasteiger partial charge on any atom is 0.224 e. The van der Waals surface area contributed by atoms with Gasteiger partial charge in [0.15, 0.2) is 0 Å². The molecule has 0 spiro atoms. The van der Waals surface area contributed by atoms with Gasteiger partial charge >= 0.3 is 0 Å². The molecule has 0 aliphatic heterocycles. The second-order valence-corrected chi connectivity index (χ2v) is 5.05. The smallest absolute Gasteiger partial charge is 0.224 e. The van der Waals surface area contributed by atoms with Crippen molar-refractivity contribution in [3.63, 3.8) is 0 Å². The molecule has 0 fully saturated rings. The predicted molar refractivity (Wildman–Crippen MR) is 73.2 cm³/mol. The molecule has 0 aliphatic carbocycles. The van der Waals surface area contributed by atoms with E-state index in [0.717, 1.165) is 25.0 Å². The first-order valence-electron chi connectivity index (χ1n) is 6.78. The molecule has 0 unspecified atom stereocenters. The van der Waals surface area contributed by atoms with E-state index in [0.29, 0.717) is 6.54 Å². The van der Waals surface area contributed by atoms with Crippen LogP contribution in [0.4, 0.5) is 8.78 Å². The van der Waals surface area contributed by atoms with Gasteiger partial charge in [-0.15, -0.1) is 0 Å². The summed E-state index contributed by atoms with van der Waals surface area (Å²) in [6.07, 6.45) is 1.34. The van der Waals surface area contributed by atoms with Crippen molar-refractivity contribution < 1.29 is 18.7 Å². The minimum absolute atomic E-state index is 0.00874. The molecule has 2 N–H and O–H groups in total. The number of benzene rings is 1. The fraction of sp³-hybridized carbons (Fsp3) is 0.533. The molecule has 0 saturated heterocycles. The molecular weight excluding hydrogens is 264 g/mol. The number of halogens is 2. The number of amides is 1. The van der Waals surface area contributed by atoms with Crippen molar-refractivity contribution in [3.8, 4) is 0 Å². The number of nitrogens with one attached hydrogen (secondary N) is 1. The van der Waals surface area contributed by atoms with Crippen molar-refractivity contribution in [1.29, 1.82) is 0 Å². The molecule has 1 rings (SSSR count). The van der Waals surface area contributed by atoms with Gasteiger partial charge in [0.05, 0.1) is 13.0 Å². The first kappa shape index (κ1) is 16.6. The van der Waals surface area contributed by atoms with Crippen molar-refractivity contribution in [2.45, 2.75) is 33.1 Å². The van der Waals surface area contributed by atoms with Gasteiger partial charge < -0.3 is 10.4 Å². The van der Waals surface area contributed by atoms with Crippen molar-refractivity contribution in [3.05, 3.63) is 35.4 Å². The average Bonchev–Trinajstić information content (AvgIpc) is 2.44. The molecule has 0 radical (unpaired) electrons. The number of rotatable bonds is 7. The largest absolute Gasteiger partial charge is 0.396 e. The lowest BCUT2D eigenvalue weighted by Crippen LogP contribution is -2.40. The normalized spacial score (nSPS) is 11.4. The number of carbonyl (C=O) groups is 1. The zero-order valence-electron chi connectivity index (χ0n) is 11.9. The van der Waals surface area contributed by atoms with E-state index in [1.54, 1.807) is 0 Å². The Morgan fingerprint density at radius 3 is 2.45 bits per heavy atom. The lowest BCUT2D eigenvalue weighted by atomic mass is 9.83. The molecule has 1 aromatic rings. The van der Waals surface area contributed by atoms with Gasteiger partial charge in [-0.3, -0.25) is 4.79 Å². The molecule has 3 nitrogen and oxygen atoms in total. The van der Waals surface area contributed by atoms with Crippen LogP contribution in [0, 0.1) is 17.0 Å². The van der Waals surface area contributed by atoms with E-state index in [1.807, 2.05) is 13.8 Å². The highest BCUT2D eigenvalue weighted by molar-refractivity contribution is 5.78. The second kappa shape index (κ2) is 7.33. The lowest BCUT2D eigenvalue weighted by Gasteiger charge is -2.29. The Morgan fingerprint density at radius 1 is 1.30 bits per heavy atom. The van der Waals surface area contributed by atoms with Crippen LogP contribution in [-0.4, -0.2) is 24.2 Å². The molecule has 112 valence electrons. The Labute approximate surface area is 118 Å². The third-order valence-corrected chi connectivity index (χ3v) is 3.86. The summed E-state index contributed by atoms with van der Waals surface area (Å²) < 4.78 is 26.2. The van der Waals surface area contributed by atoms with Gasteiger partial charge in [0, 0.05) is 18.0 Å². The van der Waals surface area contributed by atoms with E-state index < -0.39 is 11.6 Å². The summed E-state index contributed by atoms with van der Waals surface area (Å²) in [7, 11) is 0. The highest BCUT2D eigenvalue weighted by Crippen LogP contribution is 2.24. The Morgan fingerprint density at radius 2 is 1.95 bits per heavy atom. The zero-order chi connectivity index (χ0) is 15.2. The summed E-state index contributed by atoms with van der Waals surface area (Å²) in [5.41, 5.74) is -0.178. The van der Waals surface area contributed by atoms with Gasteiger partial charge in [-0.25, -0.2) is 8.78 Å². The van der Waals surface area contributed by atoms with Crippen LogP contribution in [0.3, 0.4) is 0 Å². The molecule has 0 aromatic heterocycles. The number of hydrogen-bond acceptors (Lipinski definition) is 2. The van der Waals surface area contributed by atoms with Crippen LogP contribution in [0.1, 0.15) is 32.3 Å². The molecule has 0 atom stereocenters. The Hall–Kier alpha value is -1.49. The summed E-state index contributed by atoms with van der Waals surface area (Å²) >= 11 is 0. The molecule has 1 aromatic carbocycles. The molecular formula is C15H21F2NO2. The molecule has 0 saturated carbocycles. The van der Waals surface area contributed by atoms with Gasteiger partial charge in [0.25, 0.3) is 0 Å². The topological polar surface area (TPSA) is 49.3 Å². The van der Waals surface area contributed by atoms with Crippen molar-refractivity contribution in [2.75, 3.05) is 13.2 Å². The number of aliphatic hydroxyl groups excluding tert-OH is 1. The SMILES string of the molecule is CCC(CC)(CO)CNC(=O)Cc1ccc(F)cc1F. The summed E-state index contributed by atoms with van der Waals surface area (Å²) in [6, 6.07) is 3.16. The Kier molecular flexibility index (Phi) is 6.07. The van der Waals surface area contributed by atoms with Crippen molar-refractivity contribution >= 4 is 5.91 Å². The maximum atomic E-state index is 13.4. The minimum Gasteiger partial charge on any atom is -0.396 e. The number of carbonyl (C=O) groups excluding carboxylic acids is 1. The molecule has 1 amide bonds. The number of hydrogen-bond donors (Lipinski definition) is 2. The summed E-state index contributed by atoms with van der Waals surface area (Å²) in [5, 5.41) is 12.1. The zero-order valence-corrected chi connectivity index (χ0v) is 11.9. The summed E-state index contributed by atoms with van der Waals surface area (Å²) in [4.78, 5) is 11.8. The van der Waals surface area contributed by atoms with Crippen LogP contribution in [0.15, 0.2) is 18.2 Å². The van der Waals surface area contributed by atoms with Gasteiger partial charge in [-0.1, -0.05) is 19.9 Å². The fourth-order valence-corrected chi connectivity index (χ4v) is 1.97. The summed E-state index contributed by atoms with van der Waals surface area (Å²) in [6.45, 7) is 4.24. The fourth-order valence-electron chi connectivity index (χ4n) is 1.97. The van der Waals surface area contributed by atoms with E-state index >= 15 is 0 Å². The van der Waals surface area contributed by atoms with E-state index in [1.165, 1.54) is 6.07 Å². The maximum absolute atomic E-state index is 13.4.